The van der Waals surface area contributed by atoms with Gasteiger partial charge in [0.15, 0.2) is 17.3 Å². The highest BCUT2D eigenvalue weighted by Gasteiger charge is 2.30. The van der Waals surface area contributed by atoms with Gasteiger partial charge in [0.2, 0.25) is 11.9 Å². The lowest BCUT2D eigenvalue weighted by Crippen LogP contribution is -2.27. The second kappa shape index (κ2) is 8.61. The molecule has 166 valence electrons. The highest BCUT2D eigenvalue weighted by atomic mass is 16.5. The Balaban J connectivity index is 1.79. The predicted molar refractivity (Wildman–Crippen MR) is 116 cm³/mol. The summed E-state index contributed by atoms with van der Waals surface area (Å²) < 4.78 is 12.5. The second-order valence-electron chi connectivity index (χ2n) is 7.30. The van der Waals surface area contributed by atoms with E-state index in [9.17, 15) is 14.4 Å². The fraction of sp³-hybridized carbons (Fsp3) is 0.333. The van der Waals surface area contributed by atoms with Crippen molar-refractivity contribution in [2.45, 2.75) is 32.2 Å². The van der Waals surface area contributed by atoms with Gasteiger partial charge in [-0.05, 0) is 25.0 Å². The molecule has 3 aromatic rings. The van der Waals surface area contributed by atoms with Gasteiger partial charge in [0.1, 0.15) is 12.1 Å². The molecule has 1 aromatic carbocycles. The van der Waals surface area contributed by atoms with Crippen LogP contribution in [-0.4, -0.2) is 44.9 Å². The zero-order valence-corrected chi connectivity index (χ0v) is 17.6. The topological polar surface area (TPSA) is 151 Å². The molecule has 0 radical (unpaired) electrons. The number of fused-ring (bicyclic) bond motifs is 1. The van der Waals surface area contributed by atoms with Crippen molar-refractivity contribution in [1.29, 1.82) is 0 Å². The predicted octanol–water partition coefficient (Wildman–Crippen LogP) is 1.72. The maximum atomic E-state index is 13.3. The lowest BCUT2D eigenvalue weighted by molar-refractivity contribution is -0.120. The molecular weight excluding hydrogens is 416 g/mol. The number of hydrogen-bond acceptors (Lipinski definition) is 9. The number of nitrogens with one attached hydrogen (secondary N) is 1. The second-order valence-corrected chi connectivity index (χ2v) is 7.30. The van der Waals surface area contributed by atoms with Crippen LogP contribution in [0, 0.1) is 0 Å². The van der Waals surface area contributed by atoms with Gasteiger partial charge in [-0.15, -0.1) is 0 Å². The first-order valence-corrected chi connectivity index (χ1v) is 10.1. The van der Waals surface area contributed by atoms with Crippen LogP contribution in [0.2, 0.25) is 0 Å². The van der Waals surface area contributed by atoms with Gasteiger partial charge in [0.05, 0.1) is 18.1 Å². The molecule has 0 saturated heterocycles. The van der Waals surface area contributed by atoms with Crippen LogP contribution in [0.25, 0.3) is 10.9 Å². The van der Waals surface area contributed by atoms with Crippen molar-refractivity contribution in [3.8, 4) is 11.5 Å². The number of nitrogens with zero attached hydrogens (tertiary/aromatic N) is 4. The average Bonchev–Trinajstić information content (AvgIpc) is 3.62. The number of ether oxygens (including phenoxy) is 2. The Bertz CT molecular complexity index is 1250. The van der Waals surface area contributed by atoms with Gasteiger partial charge >= 0.3 is 0 Å². The summed E-state index contributed by atoms with van der Waals surface area (Å²) in [4.78, 5) is 49.8. The first kappa shape index (κ1) is 21.2. The molecule has 1 aliphatic rings. The number of methoxy groups -OCH3 is 1. The number of benzene rings is 1. The number of nitrogens with two attached hydrogens (primary N) is 1. The van der Waals surface area contributed by atoms with Gasteiger partial charge in [-0.25, -0.2) is 15.0 Å². The van der Waals surface area contributed by atoms with Crippen molar-refractivity contribution in [2.24, 2.45) is 0 Å². The molecule has 0 spiro atoms. The third-order valence-electron chi connectivity index (χ3n) is 5.05. The molecule has 32 heavy (non-hydrogen) atoms. The van der Waals surface area contributed by atoms with E-state index in [1.807, 2.05) is 0 Å². The standard InChI is InChI=1S/C21H22N6O5/c1-3-13(28)10-32-15-7-6-14-16(17(15)31-2)25-21(27(19(14)30)12-4-5-12)26-18(29)11-8-23-20(22)24-9-11/h6-9,12H,3-5,10H2,1-2H3,(H2,22,23,24)(H,25,26,29). The first-order valence-electron chi connectivity index (χ1n) is 10.1. The van der Waals surface area contributed by atoms with E-state index in [1.165, 1.54) is 24.1 Å². The maximum absolute atomic E-state index is 13.3. The number of Topliss-reactive ketones (excluding diaryl/α,β-unsaturated/α-hetero) is 1. The molecule has 0 atom stereocenters. The van der Waals surface area contributed by atoms with Crippen LogP contribution in [-0.2, 0) is 4.79 Å². The smallest absolute Gasteiger partial charge is 0.263 e. The fourth-order valence-corrected chi connectivity index (χ4v) is 3.18. The Kier molecular flexibility index (Phi) is 5.71. The number of anilines is 2. The zero-order valence-electron chi connectivity index (χ0n) is 17.6. The average molecular weight is 438 g/mol. The Labute approximate surface area is 182 Å². The number of nitrogen functional groups attached to an aromatic ring is 1. The SMILES string of the molecule is CCC(=O)COc1ccc2c(=O)n(C3CC3)c(NC(=O)c3cnc(N)nc3)nc2c1OC. The zero-order chi connectivity index (χ0) is 22.8. The molecular formula is C21H22N6O5. The molecule has 0 unspecified atom stereocenters. The quantitative estimate of drug-likeness (QED) is 0.535. The van der Waals surface area contributed by atoms with Crippen molar-refractivity contribution in [3.05, 3.63) is 40.4 Å². The van der Waals surface area contributed by atoms with E-state index in [0.717, 1.165) is 12.8 Å². The van der Waals surface area contributed by atoms with Crippen LogP contribution < -0.4 is 26.1 Å². The summed E-state index contributed by atoms with van der Waals surface area (Å²) in [6.07, 6.45) is 4.52. The lowest BCUT2D eigenvalue weighted by Gasteiger charge is -2.16. The van der Waals surface area contributed by atoms with Crippen molar-refractivity contribution >= 4 is 34.5 Å². The molecule has 2 aromatic heterocycles. The molecule has 0 bridgehead atoms. The molecule has 11 heteroatoms. The number of hydrogen-bond donors (Lipinski definition) is 2. The summed E-state index contributed by atoms with van der Waals surface area (Å²) in [6.45, 7) is 1.62. The molecule has 2 heterocycles. The van der Waals surface area contributed by atoms with Gasteiger partial charge in [-0.2, -0.15) is 0 Å². The number of carbonyl (C=O) groups excluding carboxylic acids is 2. The third kappa shape index (κ3) is 4.09. The third-order valence-corrected chi connectivity index (χ3v) is 5.05. The summed E-state index contributed by atoms with van der Waals surface area (Å²) in [7, 11) is 1.42. The van der Waals surface area contributed by atoms with Crippen LogP contribution in [0.4, 0.5) is 11.9 Å². The van der Waals surface area contributed by atoms with Crippen LogP contribution in [0.1, 0.15) is 42.6 Å². The van der Waals surface area contributed by atoms with E-state index in [0.29, 0.717) is 11.8 Å². The fourth-order valence-electron chi connectivity index (χ4n) is 3.18. The molecule has 4 rings (SSSR count). The van der Waals surface area contributed by atoms with Crippen LogP contribution in [0.5, 0.6) is 11.5 Å². The summed E-state index contributed by atoms with van der Waals surface area (Å²) in [5, 5.41) is 2.99. The Hall–Kier alpha value is -4.02. The van der Waals surface area contributed by atoms with Crippen molar-refractivity contribution in [3.63, 3.8) is 0 Å². The molecule has 1 saturated carbocycles. The Morgan fingerprint density at radius 3 is 2.59 bits per heavy atom. The van der Waals surface area contributed by atoms with Crippen molar-refractivity contribution in [1.82, 2.24) is 19.5 Å². The summed E-state index contributed by atoms with van der Waals surface area (Å²) in [6, 6.07) is 3.10. The molecule has 11 nitrogen and oxygen atoms in total. The van der Waals surface area contributed by atoms with Crippen molar-refractivity contribution < 1.29 is 19.1 Å². The number of carbonyl (C=O) groups is 2. The van der Waals surface area contributed by atoms with Gasteiger partial charge in [0.25, 0.3) is 11.5 Å². The van der Waals surface area contributed by atoms with Crippen LogP contribution >= 0.6 is 0 Å². The van der Waals surface area contributed by atoms with Gasteiger partial charge in [0, 0.05) is 24.9 Å². The molecule has 1 amide bonds. The lowest BCUT2D eigenvalue weighted by atomic mass is 10.2. The van der Waals surface area contributed by atoms with E-state index in [4.69, 9.17) is 15.2 Å². The minimum atomic E-state index is -0.537. The monoisotopic (exact) mass is 438 g/mol. The first-order chi connectivity index (χ1) is 15.4. The number of aromatic nitrogens is 4. The summed E-state index contributed by atoms with van der Waals surface area (Å²) in [5.41, 5.74) is 5.55. The van der Waals surface area contributed by atoms with E-state index in [-0.39, 0.29) is 58.5 Å². The maximum Gasteiger partial charge on any atom is 0.263 e. The Morgan fingerprint density at radius 1 is 1.25 bits per heavy atom. The molecule has 1 aliphatic carbocycles. The van der Waals surface area contributed by atoms with E-state index < -0.39 is 5.91 Å². The summed E-state index contributed by atoms with van der Waals surface area (Å²) in [5.74, 6) is -0.0145. The van der Waals surface area contributed by atoms with Crippen LogP contribution in [0.15, 0.2) is 29.3 Å². The number of rotatable bonds is 8. The van der Waals surface area contributed by atoms with Gasteiger partial charge in [-0.3, -0.25) is 24.3 Å². The molecule has 0 aliphatic heterocycles. The van der Waals surface area contributed by atoms with E-state index >= 15 is 0 Å². The summed E-state index contributed by atoms with van der Waals surface area (Å²) >= 11 is 0. The number of amides is 1. The number of ketones is 1. The largest absolute Gasteiger partial charge is 0.491 e. The highest BCUT2D eigenvalue weighted by Crippen LogP contribution is 2.38. The Morgan fingerprint density at radius 2 is 1.97 bits per heavy atom. The highest BCUT2D eigenvalue weighted by molar-refractivity contribution is 6.03. The van der Waals surface area contributed by atoms with Gasteiger partial charge in [-0.1, -0.05) is 6.92 Å². The van der Waals surface area contributed by atoms with Crippen LogP contribution in [0.3, 0.4) is 0 Å². The normalized spacial score (nSPS) is 13.1. The minimum absolute atomic E-state index is 0.0408. The molecule has 3 N–H and O–H groups in total. The minimum Gasteiger partial charge on any atom is -0.491 e. The molecule has 1 fully saturated rings. The van der Waals surface area contributed by atoms with E-state index in [1.54, 1.807) is 19.1 Å². The van der Waals surface area contributed by atoms with Crippen molar-refractivity contribution in [2.75, 3.05) is 24.8 Å². The van der Waals surface area contributed by atoms with Gasteiger partial charge < -0.3 is 15.2 Å². The van der Waals surface area contributed by atoms with E-state index in [2.05, 4.69) is 20.3 Å².